The Bertz CT molecular complexity index is 444. The van der Waals surface area contributed by atoms with Gasteiger partial charge >= 0.3 is 5.97 Å². The number of nitrogens with two attached hydrogens (primary N) is 1. The fraction of sp³-hybridized carbons (Fsp3) is 0.538. The van der Waals surface area contributed by atoms with Gasteiger partial charge < -0.3 is 19.9 Å². The van der Waals surface area contributed by atoms with Crippen LogP contribution in [0.25, 0.3) is 0 Å². The number of anilines is 1. The van der Waals surface area contributed by atoms with E-state index in [2.05, 4.69) is 4.98 Å². The summed E-state index contributed by atoms with van der Waals surface area (Å²) < 4.78 is 15.8. The van der Waals surface area contributed by atoms with E-state index in [0.717, 1.165) is 13.0 Å². The molecular formula is C13H18N2O4. The van der Waals surface area contributed by atoms with Gasteiger partial charge in [0.15, 0.2) is 0 Å². The van der Waals surface area contributed by atoms with E-state index in [4.69, 9.17) is 19.9 Å². The molecule has 1 unspecified atom stereocenters. The lowest BCUT2D eigenvalue weighted by Gasteiger charge is -2.12. The Morgan fingerprint density at radius 1 is 1.63 bits per heavy atom. The van der Waals surface area contributed by atoms with Crippen molar-refractivity contribution >= 4 is 11.7 Å². The van der Waals surface area contributed by atoms with Gasteiger partial charge in [0.1, 0.15) is 5.56 Å². The maximum absolute atomic E-state index is 11.8. The Labute approximate surface area is 111 Å². The van der Waals surface area contributed by atoms with Crippen molar-refractivity contribution in [2.24, 2.45) is 5.92 Å². The summed E-state index contributed by atoms with van der Waals surface area (Å²) in [6, 6.07) is 1.52. The predicted octanol–water partition coefficient (Wildman–Crippen LogP) is 1.26. The van der Waals surface area contributed by atoms with Crippen LogP contribution in [0, 0.1) is 5.92 Å². The first kappa shape index (κ1) is 13.6. The van der Waals surface area contributed by atoms with Crippen molar-refractivity contribution in [2.45, 2.75) is 13.3 Å². The monoisotopic (exact) mass is 266 g/mol. The van der Waals surface area contributed by atoms with Crippen LogP contribution in [0.1, 0.15) is 23.7 Å². The minimum Gasteiger partial charge on any atom is -0.477 e. The molecule has 1 fully saturated rings. The molecule has 1 saturated heterocycles. The molecule has 2 N–H and O–H groups in total. The number of hydrogen-bond acceptors (Lipinski definition) is 6. The number of aromatic nitrogens is 1. The summed E-state index contributed by atoms with van der Waals surface area (Å²) in [7, 11) is 0. The van der Waals surface area contributed by atoms with Crippen LogP contribution in [-0.2, 0) is 9.47 Å². The first-order chi connectivity index (χ1) is 9.20. The van der Waals surface area contributed by atoms with Crippen LogP contribution in [0.15, 0.2) is 12.3 Å². The normalized spacial score (nSPS) is 18.3. The number of carbonyl (C=O) groups excluding carboxylic acids is 1. The summed E-state index contributed by atoms with van der Waals surface area (Å²) in [5.74, 6) is 0.133. The van der Waals surface area contributed by atoms with Crippen LogP contribution in [0.5, 0.6) is 5.88 Å². The van der Waals surface area contributed by atoms with Crippen LogP contribution >= 0.6 is 0 Å². The van der Waals surface area contributed by atoms with Crippen molar-refractivity contribution in [1.29, 1.82) is 0 Å². The van der Waals surface area contributed by atoms with E-state index in [1.165, 1.54) is 12.3 Å². The lowest BCUT2D eigenvalue weighted by molar-refractivity contribution is 0.0519. The van der Waals surface area contributed by atoms with Gasteiger partial charge in [0.05, 0.1) is 31.7 Å². The average Bonchev–Trinajstić information content (AvgIpc) is 2.90. The smallest absolute Gasteiger partial charge is 0.343 e. The molecule has 0 bridgehead atoms. The average molecular weight is 266 g/mol. The van der Waals surface area contributed by atoms with Crippen molar-refractivity contribution < 1.29 is 19.0 Å². The zero-order chi connectivity index (χ0) is 13.7. The highest BCUT2D eigenvalue weighted by Gasteiger charge is 2.20. The van der Waals surface area contributed by atoms with Crippen molar-refractivity contribution in [3.8, 4) is 5.88 Å². The number of ether oxygens (including phenoxy) is 3. The number of nitrogen functional groups attached to an aromatic ring is 1. The van der Waals surface area contributed by atoms with Gasteiger partial charge in [0.25, 0.3) is 0 Å². The summed E-state index contributed by atoms with van der Waals surface area (Å²) in [5.41, 5.74) is 6.30. The van der Waals surface area contributed by atoms with Crippen LogP contribution in [0.3, 0.4) is 0 Å². The number of carbonyl (C=O) groups is 1. The highest BCUT2D eigenvalue weighted by molar-refractivity contribution is 5.92. The summed E-state index contributed by atoms with van der Waals surface area (Å²) in [4.78, 5) is 15.8. The number of hydrogen-bond donors (Lipinski definition) is 1. The highest BCUT2D eigenvalue weighted by atomic mass is 16.5. The third kappa shape index (κ3) is 3.57. The fourth-order valence-corrected chi connectivity index (χ4v) is 1.85. The third-order valence-corrected chi connectivity index (χ3v) is 2.85. The number of rotatable bonds is 5. The van der Waals surface area contributed by atoms with E-state index in [0.29, 0.717) is 31.4 Å². The van der Waals surface area contributed by atoms with Crippen molar-refractivity contribution in [3.05, 3.63) is 17.8 Å². The molecule has 6 nitrogen and oxygen atoms in total. The molecule has 1 aliphatic rings. The molecule has 0 aliphatic carbocycles. The lowest BCUT2D eigenvalue weighted by atomic mass is 10.1. The van der Waals surface area contributed by atoms with Crippen LogP contribution < -0.4 is 10.5 Å². The maximum atomic E-state index is 11.8. The zero-order valence-electron chi connectivity index (χ0n) is 10.9. The van der Waals surface area contributed by atoms with Crippen molar-refractivity contribution in [3.63, 3.8) is 0 Å². The minimum absolute atomic E-state index is 0.263. The standard InChI is InChI=1S/C13H18N2O4/c1-2-18-13(16)11-5-10(14)6-15-12(11)19-8-9-3-4-17-7-9/h5-6,9H,2-4,7-8,14H2,1H3. The third-order valence-electron chi connectivity index (χ3n) is 2.85. The highest BCUT2D eigenvalue weighted by Crippen LogP contribution is 2.21. The molecule has 19 heavy (non-hydrogen) atoms. The Hall–Kier alpha value is -1.82. The van der Waals surface area contributed by atoms with Gasteiger partial charge in [-0.05, 0) is 19.4 Å². The summed E-state index contributed by atoms with van der Waals surface area (Å²) in [6.45, 7) is 3.96. The quantitative estimate of drug-likeness (QED) is 0.808. The molecule has 1 aliphatic heterocycles. The first-order valence-corrected chi connectivity index (χ1v) is 6.34. The van der Waals surface area contributed by atoms with Crippen LogP contribution in [-0.4, -0.2) is 37.4 Å². The molecule has 0 aromatic carbocycles. The summed E-state index contributed by atoms with van der Waals surface area (Å²) in [5, 5.41) is 0. The molecule has 2 heterocycles. The van der Waals surface area contributed by atoms with Gasteiger partial charge in [-0.25, -0.2) is 9.78 Å². The molecule has 1 atom stereocenters. The SMILES string of the molecule is CCOC(=O)c1cc(N)cnc1OCC1CCOC1. The second-order valence-corrected chi connectivity index (χ2v) is 4.38. The van der Waals surface area contributed by atoms with E-state index in [-0.39, 0.29) is 11.4 Å². The van der Waals surface area contributed by atoms with Gasteiger partial charge in [-0.2, -0.15) is 0 Å². The minimum atomic E-state index is -0.472. The molecule has 0 amide bonds. The molecule has 6 heteroatoms. The summed E-state index contributed by atoms with van der Waals surface area (Å²) >= 11 is 0. The molecular weight excluding hydrogens is 248 g/mol. The lowest BCUT2D eigenvalue weighted by Crippen LogP contribution is -2.15. The molecule has 0 spiro atoms. The molecule has 0 saturated carbocycles. The molecule has 0 radical (unpaired) electrons. The Balaban J connectivity index is 2.07. The van der Waals surface area contributed by atoms with E-state index in [9.17, 15) is 4.79 Å². The van der Waals surface area contributed by atoms with E-state index in [1.54, 1.807) is 6.92 Å². The number of nitrogens with zero attached hydrogens (tertiary/aromatic N) is 1. The first-order valence-electron chi connectivity index (χ1n) is 6.34. The Morgan fingerprint density at radius 2 is 2.47 bits per heavy atom. The molecule has 104 valence electrons. The van der Waals surface area contributed by atoms with Crippen LogP contribution in [0.4, 0.5) is 5.69 Å². The fourth-order valence-electron chi connectivity index (χ4n) is 1.85. The van der Waals surface area contributed by atoms with Crippen LogP contribution in [0.2, 0.25) is 0 Å². The Kier molecular flexibility index (Phi) is 4.57. The van der Waals surface area contributed by atoms with Gasteiger partial charge in [0, 0.05) is 12.5 Å². The number of esters is 1. The van der Waals surface area contributed by atoms with E-state index >= 15 is 0 Å². The Morgan fingerprint density at radius 3 is 3.16 bits per heavy atom. The topological polar surface area (TPSA) is 83.7 Å². The van der Waals surface area contributed by atoms with E-state index in [1.807, 2.05) is 0 Å². The second kappa shape index (κ2) is 6.38. The van der Waals surface area contributed by atoms with Gasteiger partial charge in [0.2, 0.25) is 5.88 Å². The molecule has 1 aromatic rings. The van der Waals surface area contributed by atoms with E-state index < -0.39 is 5.97 Å². The largest absolute Gasteiger partial charge is 0.477 e. The van der Waals surface area contributed by atoms with Crippen molar-refractivity contribution in [1.82, 2.24) is 4.98 Å². The van der Waals surface area contributed by atoms with Crippen molar-refractivity contribution in [2.75, 3.05) is 32.2 Å². The van der Waals surface area contributed by atoms with Gasteiger partial charge in [-0.15, -0.1) is 0 Å². The number of pyridine rings is 1. The maximum Gasteiger partial charge on any atom is 0.343 e. The second-order valence-electron chi connectivity index (χ2n) is 4.38. The zero-order valence-corrected chi connectivity index (χ0v) is 10.9. The molecule has 2 rings (SSSR count). The summed E-state index contributed by atoms with van der Waals surface area (Å²) in [6.07, 6.45) is 2.42. The van der Waals surface area contributed by atoms with Gasteiger partial charge in [-0.1, -0.05) is 0 Å². The predicted molar refractivity (Wildman–Crippen MR) is 69.0 cm³/mol. The molecule has 1 aromatic heterocycles. The van der Waals surface area contributed by atoms with Gasteiger partial charge in [-0.3, -0.25) is 0 Å².